The van der Waals surface area contributed by atoms with Gasteiger partial charge in [0.15, 0.2) is 5.96 Å². The molecule has 0 amide bonds. The lowest BCUT2D eigenvalue weighted by Crippen LogP contribution is -2.38. The largest absolute Gasteiger partial charge is 0.370 e. The molecule has 5 nitrogen and oxygen atoms in total. The van der Waals surface area contributed by atoms with Gasteiger partial charge < -0.3 is 16.0 Å². The fourth-order valence-corrected chi connectivity index (χ4v) is 3.18. The van der Waals surface area contributed by atoms with E-state index in [2.05, 4.69) is 26.3 Å². The van der Waals surface area contributed by atoms with Gasteiger partial charge in [0.05, 0.1) is 6.54 Å². The Bertz CT molecular complexity index is 493. The predicted molar refractivity (Wildman–Crippen MR) is 102 cm³/mol. The van der Waals surface area contributed by atoms with Gasteiger partial charge in [-0.05, 0) is 43.4 Å². The van der Waals surface area contributed by atoms with Crippen molar-refractivity contribution in [2.75, 3.05) is 18.0 Å². The fraction of sp³-hybridized carbons (Fsp3) is 0.625. The Morgan fingerprint density at radius 1 is 1.27 bits per heavy atom. The molecule has 1 aliphatic carbocycles. The number of rotatable bonds is 4. The minimum atomic E-state index is 0. The van der Waals surface area contributed by atoms with Gasteiger partial charge in [-0.3, -0.25) is 0 Å². The number of hydrogen-bond acceptors (Lipinski definition) is 3. The summed E-state index contributed by atoms with van der Waals surface area (Å²) in [5.41, 5.74) is 7.14. The summed E-state index contributed by atoms with van der Waals surface area (Å²) < 4.78 is 0. The summed E-state index contributed by atoms with van der Waals surface area (Å²) in [6.45, 7) is 2.85. The Labute approximate surface area is 149 Å². The molecular formula is C16H26IN5. The molecule has 2 aliphatic rings. The van der Waals surface area contributed by atoms with E-state index in [1.807, 2.05) is 12.3 Å². The monoisotopic (exact) mass is 415 g/mol. The first-order valence-corrected chi connectivity index (χ1v) is 8.07. The molecule has 0 bridgehead atoms. The van der Waals surface area contributed by atoms with Crippen LogP contribution in [0.1, 0.15) is 44.1 Å². The number of guanidine groups is 1. The first-order chi connectivity index (χ1) is 10.3. The van der Waals surface area contributed by atoms with Crippen LogP contribution in [0.15, 0.2) is 23.3 Å². The third-order valence-corrected chi connectivity index (χ3v) is 4.38. The van der Waals surface area contributed by atoms with Gasteiger partial charge >= 0.3 is 0 Å². The van der Waals surface area contributed by atoms with Crippen molar-refractivity contribution in [1.29, 1.82) is 0 Å². The SMILES string of the molecule is I.NC(=NCc1ccnc(N2CCCC2)c1)NC1CCCC1. The topological polar surface area (TPSA) is 66.5 Å². The van der Waals surface area contributed by atoms with Crippen molar-refractivity contribution in [3.05, 3.63) is 23.9 Å². The van der Waals surface area contributed by atoms with E-state index < -0.39 is 0 Å². The zero-order valence-electron chi connectivity index (χ0n) is 13.0. The Hall–Kier alpha value is -1.05. The second kappa shape index (κ2) is 8.55. The van der Waals surface area contributed by atoms with Gasteiger partial charge in [0, 0.05) is 25.3 Å². The molecule has 2 heterocycles. The summed E-state index contributed by atoms with van der Waals surface area (Å²) in [6.07, 6.45) is 9.43. The molecule has 3 rings (SSSR count). The predicted octanol–water partition coefficient (Wildman–Crippen LogP) is 2.65. The minimum Gasteiger partial charge on any atom is -0.370 e. The maximum Gasteiger partial charge on any atom is 0.189 e. The Morgan fingerprint density at radius 3 is 2.73 bits per heavy atom. The molecule has 6 heteroatoms. The molecule has 0 unspecified atom stereocenters. The number of anilines is 1. The van der Waals surface area contributed by atoms with Crippen LogP contribution in [0.2, 0.25) is 0 Å². The number of nitrogens with one attached hydrogen (secondary N) is 1. The normalized spacial score (nSPS) is 19.3. The molecule has 0 atom stereocenters. The first-order valence-electron chi connectivity index (χ1n) is 8.07. The maximum absolute atomic E-state index is 5.97. The standard InChI is InChI=1S/C16H25N5.HI/c17-16(20-14-5-1-2-6-14)19-12-13-7-8-18-15(11-13)21-9-3-4-10-21;/h7-8,11,14H,1-6,9-10,12H2,(H3,17,19,20);1H. The van der Waals surface area contributed by atoms with Crippen molar-refractivity contribution in [3.8, 4) is 0 Å². The molecule has 22 heavy (non-hydrogen) atoms. The van der Waals surface area contributed by atoms with Gasteiger partial charge in [-0.25, -0.2) is 9.98 Å². The summed E-state index contributed by atoms with van der Waals surface area (Å²) in [5, 5.41) is 3.32. The van der Waals surface area contributed by atoms with Gasteiger partial charge in [0.25, 0.3) is 0 Å². The zero-order chi connectivity index (χ0) is 14.5. The molecule has 1 aliphatic heterocycles. The lowest BCUT2D eigenvalue weighted by Gasteiger charge is -2.16. The smallest absolute Gasteiger partial charge is 0.189 e. The molecule has 3 N–H and O–H groups in total. The second-order valence-electron chi connectivity index (χ2n) is 6.04. The average molecular weight is 415 g/mol. The van der Waals surface area contributed by atoms with E-state index in [9.17, 15) is 0 Å². The van der Waals surface area contributed by atoms with Gasteiger partial charge in [-0.1, -0.05) is 12.8 Å². The van der Waals surface area contributed by atoms with Crippen LogP contribution in [-0.4, -0.2) is 30.1 Å². The van der Waals surface area contributed by atoms with Crippen molar-refractivity contribution < 1.29 is 0 Å². The fourth-order valence-electron chi connectivity index (χ4n) is 3.18. The molecule has 1 saturated carbocycles. The third-order valence-electron chi connectivity index (χ3n) is 4.38. The highest BCUT2D eigenvalue weighted by molar-refractivity contribution is 14.0. The van der Waals surface area contributed by atoms with E-state index in [0.717, 1.165) is 18.9 Å². The number of hydrogen-bond donors (Lipinski definition) is 2. The van der Waals surface area contributed by atoms with Gasteiger partial charge in [-0.15, -0.1) is 24.0 Å². The summed E-state index contributed by atoms with van der Waals surface area (Å²) in [7, 11) is 0. The van der Waals surface area contributed by atoms with Crippen LogP contribution < -0.4 is 16.0 Å². The Kier molecular flexibility index (Phi) is 6.72. The van der Waals surface area contributed by atoms with E-state index in [0.29, 0.717) is 18.5 Å². The second-order valence-corrected chi connectivity index (χ2v) is 6.04. The van der Waals surface area contributed by atoms with Crippen LogP contribution in [0.4, 0.5) is 5.82 Å². The number of halogens is 1. The average Bonchev–Trinajstić information content (AvgIpc) is 3.19. The molecule has 0 aromatic carbocycles. The van der Waals surface area contributed by atoms with Crippen LogP contribution in [0.3, 0.4) is 0 Å². The van der Waals surface area contributed by atoms with E-state index in [4.69, 9.17) is 5.73 Å². The number of nitrogens with zero attached hydrogens (tertiary/aromatic N) is 3. The zero-order valence-corrected chi connectivity index (χ0v) is 15.3. The van der Waals surface area contributed by atoms with Crippen LogP contribution in [0, 0.1) is 0 Å². The summed E-state index contributed by atoms with van der Waals surface area (Å²) in [5.74, 6) is 1.64. The van der Waals surface area contributed by atoms with Crippen LogP contribution in [0.5, 0.6) is 0 Å². The summed E-state index contributed by atoms with van der Waals surface area (Å²) in [6, 6.07) is 4.68. The minimum absolute atomic E-state index is 0. The molecule has 1 saturated heterocycles. The van der Waals surface area contributed by atoms with Gasteiger partial charge in [-0.2, -0.15) is 0 Å². The highest BCUT2D eigenvalue weighted by Gasteiger charge is 2.15. The van der Waals surface area contributed by atoms with Crippen molar-refractivity contribution >= 4 is 35.8 Å². The van der Waals surface area contributed by atoms with E-state index in [-0.39, 0.29) is 24.0 Å². The van der Waals surface area contributed by atoms with E-state index in [1.54, 1.807) is 0 Å². The molecule has 1 aromatic heterocycles. The first kappa shape index (κ1) is 17.3. The van der Waals surface area contributed by atoms with Crippen LogP contribution in [-0.2, 0) is 6.54 Å². The molecule has 1 aromatic rings. The molecule has 2 fully saturated rings. The summed E-state index contributed by atoms with van der Waals surface area (Å²) in [4.78, 5) is 11.3. The van der Waals surface area contributed by atoms with E-state index in [1.165, 1.54) is 44.1 Å². The quantitative estimate of drug-likeness (QED) is 0.451. The van der Waals surface area contributed by atoms with Gasteiger partial charge in [0.2, 0.25) is 0 Å². The molecule has 0 spiro atoms. The lowest BCUT2D eigenvalue weighted by molar-refractivity contribution is 0.625. The number of pyridine rings is 1. The molecule has 0 radical (unpaired) electrons. The number of nitrogens with two attached hydrogens (primary N) is 1. The highest BCUT2D eigenvalue weighted by atomic mass is 127. The van der Waals surface area contributed by atoms with Crippen molar-refractivity contribution in [3.63, 3.8) is 0 Å². The number of aliphatic imine (C=N–C) groups is 1. The van der Waals surface area contributed by atoms with Crippen molar-refractivity contribution in [2.24, 2.45) is 10.7 Å². The Morgan fingerprint density at radius 2 is 2.00 bits per heavy atom. The number of aromatic nitrogens is 1. The molecule has 122 valence electrons. The lowest BCUT2D eigenvalue weighted by atomic mass is 10.2. The van der Waals surface area contributed by atoms with Crippen molar-refractivity contribution in [1.82, 2.24) is 10.3 Å². The Balaban J connectivity index is 0.00000176. The summed E-state index contributed by atoms with van der Waals surface area (Å²) >= 11 is 0. The van der Waals surface area contributed by atoms with Crippen LogP contribution >= 0.6 is 24.0 Å². The maximum atomic E-state index is 5.97. The van der Waals surface area contributed by atoms with Crippen LogP contribution in [0.25, 0.3) is 0 Å². The van der Waals surface area contributed by atoms with E-state index >= 15 is 0 Å². The molecular weight excluding hydrogens is 389 g/mol. The van der Waals surface area contributed by atoms with Gasteiger partial charge in [0.1, 0.15) is 5.82 Å². The third kappa shape index (κ3) is 4.72. The highest BCUT2D eigenvalue weighted by Crippen LogP contribution is 2.19. The van der Waals surface area contributed by atoms with Crippen molar-refractivity contribution in [2.45, 2.75) is 51.1 Å².